The molecule has 0 radical (unpaired) electrons. The smallest absolute Gasteiger partial charge is 0.333 e. The monoisotopic (exact) mass is 666 g/mol. The molecule has 0 aromatic carbocycles. The van der Waals surface area contributed by atoms with Crippen molar-refractivity contribution in [2.24, 2.45) is 28.1 Å². The van der Waals surface area contributed by atoms with Gasteiger partial charge in [0.25, 0.3) is 0 Å². The molecule has 12 atom stereocenters. The summed E-state index contributed by atoms with van der Waals surface area (Å²) in [5.74, 6) is -2.18. The van der Waals surface area contributed by atoms with E-state index in [2.05, 4.69) is 27.7 Å². The van der Waals surface area contributed by atoms with Crippen LogP contribution in [0.15, 0.2) is 57.5 Å². The zero-order valence-electron chi connectivity index (χ0n) is 29.5. The largest absolute Gasteiger partial charge is 0.472 e. The van der Waals surface area contributed by atoms with Crippen LogP contribution in [0.2, 0.25) is 0 Å². The zero-order chi connectivity index (χ0) is 34.9. The Morgan fingerprint density at radius 3 is 2.21 bits per heavy atom. The van der Waals surface area contributed by atoms with E-state index in [9.17, 15) is 19.5 Å². The Balaban J connectivity index is 1.61. The molecule has 2 saturated carbocycles. The molecule has 12 unspecified atom stereocenters. The van der Waals surface area contributed by atoms with Crippen LogP contribution in [0, 0.1) is 28.1 Å². The van der Waals surface area contributed by atoms with Crippen LogP contribution >= 0.6 is 0 Å². The topological polar surface area (TPSA) is 131 Å². The number of furan rings is 1. The van der Waals surface area contributed by atoms with E-state index in [1.807, 2.05) is 6.07 Å². The van der Waals surface area contributed by atoms with Gasteiger partial charge in [0.15, 0.2) is 6.29 Å². The third kappa shape index (κ3) is 5.04. The molecule has 0 bridgehead atoms. The number of esters is 3. The van der Waals surface area contributed by atoms with E-state index in [1.54, 1.807) is 52.4 Å². The summed E-state index contributed by atoms with van der Waals surface area (Å²) >= 11 is 0. The molecule has 4 fully saturated rings. The van der Waals surface area contributed by atoms with Gasteiger partial charge in [0.1, 0.15) is 18.3 Å². The lowest BCUT2D eigenvalue weighted by Crippen LogP contribution is -2.72. The minimum Gasteiger partial charge on any atom is -0.472 e. The molecular weight excluding hydrogens is 616 g/mol. The molecule has 6 rings (SSSR count). The van der Waals surface area contributed by atoms with E-state index in [-0.39, 0.29) is 31.3 Å². The van der Waals surface area contributed by atoms with Gasteiger partial charge in [-0.25, -0.2) is 9.59 Å². The number of rotatable bonds is 6. The lowest BCUT2D eigenvalue weighted by molar-refractivity contribution is -0.261. The molecule has 1 N–H and O–H groups in total. The summed E-state index contributed by atoms with van der Waals surface area (Å²) < 4.78 is 37.8. The Kier molecular flexibility index (Phi) is 8.87. The number of hydrogen-bond acceptors (Lipinski definition) is 10. The van der Waals surface area contributed by atoms with Crippen molar-refractivity contribution in [2.45, 2.75) is 124 Å². The highest BCUT2D eigenvalue weighted by molar-refractivity contribution is 5.88. The van der Waals surface area contributed by atoms with E-state index in [1.165, 1.54) is 6.92 Å². The Labute approximate surface area is 282 Å². The van der Waals surface area contributed by atoms with Crippen molar-refractivity contribution in [2.75, 3.05) is 6.61 Å². The summed E-state index contributed by atoms with van der Waals surface area (Å²) in [5, 5.41) is 11.7. The van der Waals surface area contributed by atoms with Crippen LogP contribution in [0.4, 0.5) is 0 Å². The maximum atomic E-state index is 13.8. The van der Waals surface area contributed by atoms with Gasteiger partial charge in [-0.15, -0.1) is 0 Å². The van der Waals surface area contributed by atoms with Gasteiger partial charge in [-0.3, -0.25) is 4.79 Å². The van der Waals surface area contributed by atoms with Crippen molar-refractivity contribution in [3.63, 3.8) is 0 Å². The van der Waals surface area contributed by atoms with Crippen LogP contribution in [-0.4, -0.2) is 66.4 Å². The molecule has 3 heterocycles. The highest BCUT2D eigenvalue weighted by Crippen LogP contribution is 2.72. The number of aliphatic hydroxyl groups is 1. The van der Waals surface area contributed by atoms with Crippen molar-refractivity contribution in [1.82, 2.24) is 0 Å². The van der Waals surface area contributed by atoms with Crippen LogP contribution < -0.4 is 0 Å². The zero-order valence-corrected chi connectivity index (χ0v) is 29.5. The maximum Gasteiger partial charge on any atom is 0.333 e. The lowest BCUT2D eigenvalue weighted by atomic mass is 9.39. The first-order chi connectivity index (χ1) is 22.6. The molecule has 0 amide bonds. The van der Waals surface area contributed by atoms with Crippen LogP contribution in [0.1, 0.15) is 93.1 Å². The van der Waals surface area contributed by atoms with Crippen LogP contribution in [0.5, 0.6) is 0 Å². The number of carbonyl (C=O) groups is 3. The number of aliphatic hydroxyl groups excluding tert-OH is 1. The van der Waals surface area contributed by atoms with Gasteiger partial charge in [-0.2, -0.15) is 0 Å². The Bertz CT molecular complexity index is 1550. The molecule has 262 valence electrons. The summed E-state index contributed by atoms with van der Waals surface area (Å²) in [5.41, 5.74) is 1.53. The first-order valence-electron chi connectivity index (χ1n) is 17.2. The molecule has 0 spiro atoms. The highest BCUT2D eigenvalue weighted by Gasteiger charge is 2.77. The molecule has 2 saturated heterocycles. The number of allylic oxidation sites excluding steroid dienone is 3. The summed E-state index contributed by atoms with van der Waals surface area (Å²) in [7, 11) is 0. The summed E-state index contributed by atoms with van der Waals surface area (Å²) in [6, 6.07) is 1.95. The van der Waals surface area contributed by atoms with E-state index >= 15 is 0 Å². The fraction of sp³-hybridized carbons (Fsp3) is 0.658. The molecule has 1 aromatic heterocycles. The van der Waals surface area contributed by atoms with Crippen LogP contribution in [-0.2, 0) is 38.1 Å². The predicted molar refractivity (Wildman–Crippen MR) is 174 cm³/mol. The Hall–Kier alpha value is -3.21. The maximum absolute atomic E-state index is 13.8. The van der Waals surface area contributed by atoms with E-state index in [0.717, 1.165) is 16.7 Å². The van der Waals surface area contributed by atoms with Crippen molar-refractivity contribution in [3.8, 4) is 0 Å². The first kappa shape index (κ1) is 34.6. The number of hydrogen-bond donors (Lipinski definition) is 1. The van der Waals surface area contributed by atoms with Crippen molar-refractivity contribution in [1.29, 1.82) is 0 Å². The molecule has 5 aliphatic rings. The fourth-order valence-electron chi connectivity index (χ4n) is 10.4. The van der Waals surface area contributed by atoms with Gasteiger partial charge in [0, 0.05) is 59.0 Å². The standard InChI is InChI=1S/C38H50O10/c1-10-19(3)34(41)47-28-16-27(45-22(6)39)36(7)18-44-31-32(36)37(28,8)26-15-29(40)46-25-14-24(23-12-13-43-17-23)21(5)30(25)38(26,9)33(31)48-35(42)20(4)11-2/h10-13,17,24-29,31-33,40H,14-16,18H2,1-9H3. The second-order valence-electron chi connectivity index (χ2n) is 15.2. The SMILES string of the molecule is CC=C(C)C(=O)OC1C2OCC3(C)C(OC(C)=O)CC(OC(=O)C(C)=CC)C(C)(C23)C2CC(O)OC3CC(c4ccoc4)C(C)=C3C12C. The third-order valence-electron chi connectivity index (χ3n) is 12.8. The molecular formula is C38H50O10. The van der Waals surface area contributed by atoms with Gasteiger partial charge in [-0.1, -0.05) is 38.5 Å². The first-order valence-corrected chi connectivity index (χ1v) is 17.2. The normalized spacial score (nSPS) is 42.3. The molecule has 1 aromatic rings. The minimum absolute atomic E-state index is 0.0360. The quantitative estimate of drug-likeness (QED) is 0.168. The van der Waals surface area contributed by atoms with Crippen molar-refractivity contribution >= 4 is 17.9 Å². The van der Waals surface area contributed by atoms with Gasteiger partial charge in [0.05, 0.1) is 31.3 Å². The molecule has 48 heavy (non-hydrogen) atoms. The predicted octanol–water partition coefficient (Wildman–Crippen LogP) is 5.95. The average Bonchev–Trinajstić information content (AvgIpc) is 3.75. The van der Waals surface area contributed by atoms with Crippen molar-refractivity contribution in [3.05, 3.63) is 58.6 Å². The van der Waals surface area contributed by atoms with E-state index < -0.39 is 76.9 Å². The lowest BCUT2D eigenvalue weighted by Gasteiger charge is -2.66. The molecule has 2 aliphatic heterocycles. The fourth-order valence-corrected chi connectivity index (χ4v) is 10.4. The van der Waals surface area contributed by atoms with Crippen molar-refractivity contribution < 1.29 is 47.6 Å². The van der Waals surface area contributed by atoms with Crippen LogP contribution in [0.25, 0.3) is 0 Å². The van der Waals surface area contributed by atoms with Gasteiger partial charge in [-0.05, 0) is 64.2 Å². The molecule has 3 aliphatic carbocycles. The van der Waals surface area contributed by atoms with Gasteiger partial charge < -0.3 is 33.2 Å². The number of fused-ring (bicyclic) bond motifs is 4. The molecule has 10 heteroatoms. The molecule has 10 nitrogen and oxygen atoms in total. The third-order valence-corrected chi connectivity index (χ3v) is 12.8. The minimum atomic E-state index is -1.14. The second kappa shape index (κ2) is 12.3. The van der Waals surface area contributed by atoms with Gasteiger partial charge in [0.2, 0.25) is 0 Å². The summed E-state index contributed by atoms with van der Waals surface area (Å²) in [4.78, 5) is 39.8. The average molecular weight is 667 g/mol. The van der Waals surface area contributed by atoms with Gasteiger partial charge >= 0.3 is 17.9 Å². The Morgan fingerprint density at radius 2 is 1.60 bits per heavy atom. The number of carbonyl (C=O) groups excluding carboxylic acids is 3. The van der Waals surface area contributed by atoms with E-state index in [4.69, 9.17) is 28.1 Å². The van der Waals surface area contributed by atoms with Crippen LogP contribution in [0.3, 0.4) is 0 Å². The highest BCUT2D eigenvalue weighted by atomic mass is 16.6. The summed E-state index contributed by atoms with van der Waals surface area (Å²) in [6.07, 6.45) is 3.50. The van der Waals surface area contributed by atoms with E-state index in [0.29, 0.717) is 17.6 Å². The summed E-state index contributed by atoms with van der Waals surface area (Å²) in [6.45, 7) is 17.0. The second-order valence-corrected chi connectivity index (χ2v) is 15.2. The Morgan fingerprint density at radius 1 is 0.938 bits per heavy atom. The number of ether oxygens (including phenoxy) is 5.